The fraction of sp³-hybridized carbons (Fsp3) is 0.400. The molecule has 0 spiro atoms. The minimum atomic E-state index is -2.57. The van der Waals surface area contributed by atoms with E-state index >= 15 is 0 Å². The number of carbonyl (C=O) groups is 2. The van der Waals surface area contributed by atoms with Crippen LogP contribution in [0.25, 0.3) is 0 Å². The van der Waals surface area contributed by atoms with E-state index in [1.165, 1.54) is 18.5 Å². The highest BCUT2D eigenvalue weighted by Gasteiger charge is 2.29. The van der Waals surface area contributed by atoms with Crippen LogP contribution in [-0.4, -0.2) is 34.7 Å². The number of aromatic nitrogens is 2. The summed E-state index contributed by atoms with van der Waals surface area (Å²) in [5, 5.41) is 2.85. The topological polar surface area (TPSA) is 81.2 Å². The summed E-state index contributed by atoms with van der Waals surface area (Å²) in [5.41, 5.74) is 1.71. The van der Waals surface area contributed by atoms with E-state index in [4.69, 9.17) is 4.74 Å². The lowest BCUT2D eigenvalue weighted by Gasteiger charge is -2.15. The third-order valence-corrected chi connectivity index (χ3v) is 4.43. The number of hydrogen-bond donors (Lipinski definition) is 1. The molecule has 0 radical (unpaired) electrons. The zero-order chi connectivity index (χ0) is 20.1. The molecule has 1 aliphatic rings. The quantitative estimate of drug-likeness (QED) is 0.713. The Bertz CT molecular complexity index is 839. The number of nitrogens with zero attached hydrogens (tertiary/aromatic N) is 2. The Labute approximate surface area is 161 Å². The molecule has 8 heteroatoms. The minimum absolute atomic E-state index is 0.0988. The highest BCUT2D eigenvalue weighted by Crippen LogP contribution is 2.30. The van der Waals surface area contributed by atoms with Crippen LogP contribution in [0, 0.1) is 5.92 Å². The number of nitrogens with one attached hydrogen (secondary N) is 1. The number of alkyl halides is 2. The van der Waals surface area contributed by atoms with Gasteiger partial charge in [-0.2, -0.15) is 0 Å². The van der Waals surface area contributed by atoms with Crippen molar-refractivity contribution in [3.05, 3.63) is 53.5 Å². The van der Waals surface area contributed by atoms with Crippen molar-refractivity contribution in [1.29, 1.82) is 0 Å². The molecule has 1 fully saturated rings. The van der Waals surface area contributed by atoms with E-state index in [-0.39, 0.29) is 36.0 Å². The molecule has 2 aromatic heterocycles. The summed E-state index contributed by atoms with van der Waals surface area (Å²) in [7, 11) is 0. The number of halogens is 2. The van der Waals surface area contributed by atoms with Crippen LogP contribution in [0.2, 0.25) is 0 Å². The second-order valence-electron chi connectivity index (χ2n) is 6.78. The summed E-state index contributed by atoms with van der Waals surface area (Å²) in [5.74, 6) is 0.118. The minimum Gasteiger partial charge on any atom is -0.472 e. The van der Waals surface area contributed by atoms with Gasteiger partial charge in [-0.3, -0.25) is 14.6 Å². The van der Waals surface area contributed by atoms with E-state index < -0.39 is 13.0 Å². The number of Topliss-reactive ketones (excluding diaryl/α,β-unsaturated/α-hetero) is 1. The number of hydrogen-bond acceptors (Lipinski definition) is 5. The van der Waals surface area contributed by atoms with E-state index in [1.807, 2.05) is 0 Å². The Morgan fingerprint density at radius 3 is 2.68 bits per heavy atom. The molecule has 1 aliphatic carbocycles. The van der Waals surface area contributed by atoms with Crippen LogP contribution in [0.5, 0.6) is 5.88 Å². The summed E-state index contributed by atoms with van der Waals surface area (Å²) < 4.78 is 29.1. The number of amides is 1. The maximum atomic E-state index is 12.5. The molecule has 0 bridgehead atoms. The highest BCUT2D eigenvalue weighted by molar-refractivity contribution is 5.94. The van der Waals surface area contributed by atoms with Crippen molar-refractivity contribution in [1.82, 2.24) is 15.3 Å². The van der Waals surface area contributed by atoms with E-state index in [9.17, 15) is 18.4 Å². The smallest absolute Gasteiger partial charge is 0.272 e. The second-order valence-corrected chi connectivity index (χ2v) is 6.78. The molecule has 1 atom stereocenters. The summed E-state index contributed by atoms with van der Waals surface area (Å²) in [6.07, 6.45) is 2.55. The zero-order valence-electron chi connectivity index (χ0n) is 15.4. The monoisotopic (exact) mass is 389 g/mol. The van der Waals surface area contributed by atoms with Crippen LogP contribution in [0.4, 0.5) is 8.78 Å². The maximum Gasteiger partial charge on any atom is 0.272 e. The second kappa shape index (κ2) is 8.86. The third kappa shape index (κ3) is 5.55. The first-order chi connectivity index (χ1) is 13.4. The van der Waals surface area contributed by atoms with Crippen molar-refractivity contribution in [2.75, 3.05) is 6.61 Å². The van der Waals surface area contributed by atoms with E-state index in [0.717, 1.165) is 12.8 Å². The van der Waals surface area contributed by atoms with Crippen LogP contribution in [0.1, 0.15) is 47.4 Å². The van der Waals surface area contributed by atoms with Crippen molar-refractivity contribution in [3.63, 3.8) is 0 Å². The van der Waals surface area contributed by atoms with Gasteiger partial charge in [0.2, 0.25) is 5.88 Å². The SMILES string of the molecule is CC(NC(=O)c1ccnc(CC(=O)C2CC2)c1)c1ccc(OCC(F)F)nc1. The number of pyridine rings is 2. The van der Waals surface area contributed by atoms with Gasteiger partial charge in [-0.05, 0) is 37.5 Å². The van der Waals surface area contributed by atoms with Crippen LogP contribution >= 0.6 is 0 Å². The van der Waals surface area contributed by atoms with Gasteiger partial charge in [-0.15, -0.1) is 0 Å². The molecular formula is C20H21F2N3O3. The van der Waals surface area contributed by atoms with Crippen molar-refractivity contribution >= 4 is 11.7 Å². The van der Waals surface area contributed by atoms with Gasteiger partial charge in [0.1, 0.15) is 5.78 Å². The Hall–Kier alpha value is -2.90. The van der Waals surface area contributed by atoms with E-state index in [1.54, 1.807) is 25.1 Å². The fourth-order valence-corrected chi connectivity index (χ4v) is 2.69. The first-order valence-corrected chi connectivity index (χ1v) is 9.08. The molecule has 1 saturated carbocycles. The van der Waals surface area contributed by atoms with Gasteiger partial charge in [0.25, 0.3) is 12.3 Å². The average Bonchev–Trinajstić information content (AvgIpc) is 3.52. The molecule has 6 nitrogen and oxygen atoms in total. The molecule has 148 valence electrons. The standard InChI is InChI=1S/C20H21F2N3O3/c1-12(15-4-5-19(24-10-15)28-11-18(21)22)25-20(27)14-6-7-23-16(8-14)9-17(26)13-2-3-13/h4-8,10,12-13,18H,2-3,9,11H2,1H3,(H,25,27). The van der Waals surface area contributed by atoms with Crippen molar-refractivity contribution in [3.8, 4) is 5.88 Å². The van der Waals surface area contributed by atoms with Gasteiger partial charge in [-0.1, -0.05) is 6.07 Å². The maximum absolute atomic E-state index is 12.5. The molecule has 1 amide bonds. The van der Waals surface area contributed by atoms with Crippen molar-refractivity contribution in [2.24, 2.45) is 5.92 Å². The summed E-state index contributed by atoms with van der Waals surface area (Å²) in [4.78, 5) is 32.6. The average molecular weight is 389 g/mol. The van der Waals surface area contributed by atoms with Gasteiger partial charge < -0.3 is 10.1 Å². The third-order valence-electron chi connectivity index (χ3n) is 4.43. The lowest BCUT2D eigenvalue weighted by atomic mass is 10.1. The first-order valence-electron chi connectivity index (χ1n) is 9.08. The molecule has 3 rings (SSSR count). The molecule has 2 heterocycles. The van der Waals surface area contributed by atoms with Crippen LogP contribution in [0.15, 0.2) is 36.7 Å². The number of rotatable bonds is 9. The Morgan fingerprint density at radius 1 is 1.25 bits per heavy atom. The van der Waals surface area contributed by atoms with Crippen LogP contribution in [-0.2, 0) is 11.2 Å². The van der Waals surface area contributed by atoms with Gasteiger partial charge >= 0.3 is 0 Å². The Kier molecular flexibility index (Phi) is 6.28. The molecule has 0 saturated heterocycles. The Balaban J connectivity index is 1.58. The first kappa shape index (κ1) is 19.9. The number of ketones is 1. The fourth-order valence-electron chi connectivity index (χ4n) is 2.69. The zero-order valence-corrected chi connectivity index (χ0v) is 15.4. The van der Waals surface area contributed by atoms with Gasteiger partial charge in [0.05, 0.1) is 6.04 Å². The van der Waals surface area contributed by atoms with E-state index in [2.05, 4.69) is 15.3 Å². The summed E-state index contributed by atoms with van der Waals surface area (Å²) >= 11 is 0. The molecule has 28 heavy (non-hydrogen) atoms. The lowest BCUT2D eigenvalue weighted by molar-refractivity contribution is -0.119. The molecule has 0 aromatic carbocycles. The van der Waals surface area contributed by atoms with Gasteiger partial charge in [0, 0.05) is 42.1 Å². The van der Waals surface area contributed by atoms with Crippen molar-refractivity contribution < 1.29 is 23.1 Å². The normalized spacial score (nSPS) is 14.6. The van der Waals surface area contributed by atoms with Gasteiger partial charge in [-0.25, -0.2) is 13.8 Å². The summed E-state index contributed by atoms with van der Waals surface area (Å²) in [6, 6.07) is 6.00. The van der Waals surface area contributed by atoms with Crippen LogP contribution in [0.3, 0.4) is 0 Å². The summed E-state index contributed by atoms with van der Waals surface area (Å²) in [6.45, 7) is 1.07. The number of ether oxygens (including phenoxy) is 1. The molecule has 1 N–H and O–H groups in total. The lowest BCUT2D eigenvalue weighted by Crippen LogP contribution is -2.27. The van der Waals surface area contributed by atoms with Crippen molar-refractivity contribution in [2.45, 2.75) is 38.7 Å². The van der Waals surface area contributed by atoms with Crippen LogP contribution < -0.4 is 10.1 Å². The largest absolute Gasteiger partial charge is 0.472 e. The molecule has 0 aliphatic heterocycles. The molecule has 1 unspecified atom stereocenters. The predicted octanol–water partition coefficient (Wildman–Crippen LogP) is 3.13. The van der Waals surface area contributed by atoms with E-state index in [0.29, 0.717) is 16.8 Å². The van der Waals surface area contributed by atoms with Gasteiger partial charge in [0.15, 0.2) is 6.61 Å². The predicted molar refractivity (Wildman–Crippen MR) is 97.3 cm³/mol. The molecular weight excluding hydrogens is 368 g/mol. The molecule has 2 aromatic rings. The highest BCUT2D eigenvalue weighted by atomic mass is 19.3. The Morgan fingerprint density at radius 2 is 2.04 bits per heavy atom. The number of carbonyl (C=O) groups excluding carboxylic acids is 2.